The highest BCUT2D eigenvalue weighted by Crippen LogP contribution is 2.24. The highest BCUT2D eigenvalue weighted by atomic mass is 79.9. The first-order chi connectivity index (χ1) is 8.08. The van der Waals surface area contributed by atoms with Gasteiger partial charge in [-0.15, -0.1) is 0 Å². The third-order valence-electron chi connectivity index (χ3n) is 2.50. The van der Waals surface area contributed by atoms with E-state index in [1.165, 1.54) is 0 Å². The van der Waals surface area contributed by atoms with Gasteiger partial charge in [0, 0.05) is 15.6 Å². The summed E-state index contributed by atoms with van der Waals surface area (Å²) in [5.74, 6) is 0.00219. The average Bonchev–Trinajstić information content (AvgIpc) is 2.33. The van der Waals surface area contributed by atoms with Gasteiger partial charge in [0.2, 0.25) is 0 Å². The molecule has 0 radical (unpaired) electrons. The van der Waals surface area contributed by atoms with Crippen LogP contribution in [0.25, 0.3) is 0 Å². The number of carbonyl (C=O) groups excluding carboxylic acids is 1. The Balaban J connectivity index is 2.37. The fourth-order valence-electron chi connectivity index (χ4n) is 1.51. The molecule has 86 valence electrons. The smallest absolute Gasteiger partial charge is 0.193 e. The molecule has 0 heterocycles. The molecule has 0 amide bonds. The van der Waals surface area contributed by atoms with Gasteiger partial charge in [0.05, 0.1) is 5.02 Å². The van der Waals surface area contributed by atoms with Crippen LogP contribution in [0.2, 0.25) is 5.02 Å². The summed E-state index contributed by atoms with van der Waals surface area (Å²) < 4.78 is 0.733. The van der Waals surface area contributed by atoms with Crippen molar-refractivity contribution in [2.75, 3.05) is 0 Å². The van der Waals surface area contributed by atoms with Crippen LogP contribution in [0.5, 0.6) is 0 Å². The SMILES string of the molecule is Cc1ccc(C(=O)c2ccc(Cl)c(Br)c2)cc1. The van der Waals surface area contributed by atoms with Gasteiger partial charge in [0.1, 0.15) is 0 Å². The van der Waals surface area contributed by atoms with Gasteiger partial charge in [-0.1, -0.05) is 41.4 Å². The van der Waals surface area contributed by atoms with Crippen LogP contribution in [-0.4, -0.2) is 5.78 Å². The second kappa shape index (κ2) is 5.03. The Morgan fingerprint density at radius 3 is 2.24 bits per heavy atom. The van der Waals surface area contributed by atoms with Crippen molar-refractivity contribution in [2.45, 2.75) is 6.92 Å². The summed E-state index contributed by atoms with van der Waals surface area (Å²) in [7, 11) is 0. The third kappa shape index (κ3) is 2.76. The lowest BCUT2D eigenvalue weighted by Crippen LogP contribution is -2.01. The van der Waals surface area contributed by atoms with Crippen molar-refractivity contribution in [3.63, 3.8) is 0 Å². The van der Waals surface area contributed by atoms with Crippen LogP contribution in [0.15, 0.2) is 46.9 Å². The van der Waals surface area contributed by atoms with E-state index in [0.717, 1.165) is 10.0 Å². The van der Waals surface area contributed by atoms with Gasteiger partial charge in [0.15, 0.2) is 5.78 Å². The third-order valence-corrected chi connectivity index (χ3v) is 3.71. The zero-order valence-corrected chi connectivity index (χ0v) is 11.5. The van der Waals surface area contributed by atoms with Crippen LogP contribution in [0.1, 0.15) is 21.5 Å². The van der Waals surface area contributed by atoms with E-state index in [1.54, 1.807) is 18.2 Å². The first-order valence-corrected chi connectivity index (χ1v) is 6.31. The monoisotopic (exact) mass is 308 g/mol. The van der Waals surface area contributed by atoms with Crippen LogP contribution in [0.4, 0.5) is 0 Å². The quantitative estimate of drug-likeness (QED) is 0.738. The minimum Gasteiger partial charge on any atom is -0.289 e. The van der Waals surface area contributed by atoms with E-state index in [1.807, 2.05) is 31.2 Å². The highest BCUT2D eigenvalue weighted by molar-refractivity contribution is 9.10. The first kappa shape index (κ1) is 12.3. The van der Waals surface area contributed by atoms with Gasteiger partial charge in [-0.05, 0) is 41.1 Å². The van der Waals surface area contributed by atoms with Gasteiger partial charge in [-0.2, -0.15) is 0 Å². The topological polar surface area (TPSA) is 17.1 Å². The predicted molar refractivity (Wildman–Crippen MR) is 73.8 cm³/mol. The van der Waals surface area contributed by atoms with Crippen molar-refractivity contribution in [1.29, 1.82) is 0 Å². The molecule has 2 rings (SSSR count). The molecular formula is C14H10BrClO. The van der Waals surface area contributed by atoms with Gasteiger partial charge < -0.3 is 0 Å². The Hall–Kier alpha value is -1.12. The average molecular weight is 310 g/mol. The van der Waals surface area contributed by atoms with Crippen molar-refractivity contribution >= 4 is 33.3 Å². The second-order valence-electron chi connectivity index (χ2n) is 3.82. The first-order valence-electron chi connectivity index (χ1n) is 5.14. The zero-order valence-electron chi connectivity index (χ0n) is 9.21. The Bertz CT molecular complexity index is 561. The van der Waals surface area contributed by atoms with E-state index in [9.17, 15) is 4.79 Å². The number of halogens is 2. The van der Waals surface area contributed by atoms with E-state index >= 15 is 0 Å². The number of aryl methyl sites for hydroxylation is 1. The normalized spacial score (nSPS) is 10.3. The Morgan fingerprint density at radius 1 is 1.06 bits per heavy atom. The maximum atomic E-state index is 12.2. The summed E-state index contributed by atoms with van der Waals surface area (Å²) >= 11 is 9.21. The Morgan fingerprint density at radius 2 is 1.65 bits per heavy atom. The Labute approximate surface area is 114 Å². The van der Waals surface area contributed by atoms with E-state index < -0.39 is 0 Å². The molecule has 2 aromatic carbocycles. The molecule has 0 saturated heterocycles. The number of benzene rings is 2. The number of rotatable bonds is 2. The minimum absolute atomic E-state index is 0.00219. The van der Waals surface area contributed by atoms with Gasteiger partial charge in [-0.3, -0.25) is 4.79 Å². The molecule has 0 bridgehead atoms. The molecule has 0 N–H and O–H groups in total. The molecule has 0 aliphatic carbocycles. The zero-order chi connectivity index (χ0) is 12.4. The van der Waals surface area contributed by atoms with E-state index in [0.29, 0.717) is 16.1 Å². The standard InChI is InChI=1S/C14H10BrClO/c1-9-2-4-10(5-3-9)14(17)11-6-7-13(16)12(15)8-11/h2-8H,1H3. The van der Waals surface area contributed by atoms with Crippen molar-refractivity contribution in [1.82, 2.24) is 0 Å². The fraction of sp³-hybridized carbons (Fsp3) is 0.0714. The van der Waals surface area contributed by atoms with Crippen LogP contribution >= 0.6 is 27.5 Å². The molecule has 0 aliphatic heterocycles. The molecule has 2 aromatic rings. The predicted octanol–water partition coefficient (Wildman–Crippen LogP) is 4.64. The largest absolute Gasteiger partial charge is 0.289 e. The fourth-order valence-corrected chi connectivity index (χ4v) is 2.01. The van der Waals surface area contributed by atoms with Crippen LogP contribution in [0.3, 0.4) is 0 Å². The van der Waals surface area contributed by atoms with Crippen molar-refractivity contribution in [3.8, 4) is 0 Å². The molecule has 3 heteroatoms. The van der Waals surface area contributed by atoms with E-state index in [4.69, 9.17) is 11.6 Å². The molecular weight excluding hydrogens is 300 g/mol. The molecule has 1 nitrogen and oxygen atoms in total. The number of ketones is 1. The molecule has 0 aromatic heterocycles. The van der Waals surface area contributed by atoms with Gasteiger partial charge in [-0.25, -0.2) is 0 Å². The van der Waals surface area contributed by atoms with Crippen LogP contribution in [0, 0.1) is 6.92 Å². The van der Waals surface area contributed by atoms with Gasteiger partial charge >= 0.3 is 0 Å². The van der Waals surface area contributed by atoms with E-state index in [2.05, 4.69) is 15.9 Å². The highest BCUT2D eigenvalue weighted by Gasteiger charge is 2.10. The van der Waals surface area contributed by atoms with Crippen LogP contribution < -0.4 is 0 Å². The lowest BCUT2D eigenvalue weighted by Gasteiger charge is -2.03. The molecule has 0 aliphatic rings. The summed E-state index contributed by atoms with van der Waals surface area (Å²) in [6.45, 7) is 1.99. The summed E-state index contributed by atoms with van der Waals surface area (Å²) in [6.07, 6.45) is 0. The van der Waals surface area contributed by atoms with Crippen molar-refractivity contribution in [2.24, 2.45) is 0 Å². The molecule has 0 spiro atoms. The Kier molecular flexibility index (Phi) is 3.65. The number of hydrogen-bond acceptors (Lipinski definition) is 1. The minimum atomic E-state index is 0.00219. The van der Waals surface area contributed by atoms with E-state index in [-0.39, 0.29) is 5.78 Å². The molecule has 0 saturated carbocycles. The lowest BCUT2D eigenvalue weighted by molar-refractivity contribution is 0.103. The maximum absolute atomic E-state index is 12.2. The number of hydrogen-bond donors (Lipinski definition) is 0. The van der Waals surface area contributed by atoms with Gasteiger partial charge in [0.25, 0.3) is 0 Å². The molecule has 0 unspecified atom stereocenters. The van der Waals surface area contributed by atoms with Crippen molar-refractivity contribution in [3.05, 3.63) is 68.7 Å². The number of carbonyl (C=O) groups is 1. The lowest BCUT2D eigenvalue weighted by atomic mass is 10.0. The maximum Gasteiger partial charge on any atom is 0.193 e. The summed E-state index contributed by atoms with van der Waals surface area (Å²) in [6, 6.07) is 12.7. The van der Waals surface area contributed by atoms with Crippen molar-refractivity contribution < 1.29 is 4.79 Å². The molecule has 17 heavy (non-hydrogen) atoms. The second-order valence-corrected chi connectivity index (χ2v) is 5.09. The molecule has 0 fully saturated rings. The summed E-state index contributed by atoms with van der Waals surface area (Å²) in [5, 5.41) is 0.602. The summed E-state index contributed by atoms with van der Waals surface area (Å²) in [4.78, 5) is 12.2. The van der Waals surface area contributed by atoms with Crippen LogP contribution in [-0.2, 0) is 0 Å². The molecule has 0 atom stereocenters. The summed E-state index contributed by atoms with van der Waals surface area (Å²) in [5.41, 5.74) is 2.45.